The number of carbonyl (C=O) groups excluding carboxylic acids is 2. The summed E-state index contributed by atoms with van der Waals surface area (Å²) in [6.07, 6.45) is 1.22. The second kappa shape index (κ2) is 11.0. The van der Waals surface area contributed by atoms with Crippen LogP contribution in [0.25, 0.3) is 0 Å². The molecule has 0 saturated carbocycles. The SMILES string of the molecule is CCCC(=O)Nc1cccc(SC(C(=O)Nc2ccc(F)c(Cl)c2)c2ccccc2)c1. The Morgan fingerprint density at radius 3 is 2.42 bits per heavy atom. The molecule has 2 amide bonds. The number of benzene rings is 3. The predicted octanol–water partition coefficient (Wildman–Crippen LogP) is 6.69. The standard InChI is InChI=1S/C24H22ClFN2O2S/c1-2-7-22(29)27-17-10-6-11-19(14-17)31-23(16-8-4-3-5-9-16)24(30)28-18-12-13-21(26)20(25)15-18/h3-6,8-15,23H,2,7H2,1H3,(H,27,29)(H,28,30). The minimum absolute atomic E-state index is 0.0461. The van der Waals surface area contributed by atoms with Crippen molar-refractivity contribution in [2.75, 3.05) is 10.6 Å². The largest absolute Gasteiger partial charge is 0.326 e. The minimum atomic E-state index is -0.563. The highest BCUT2D eigenvalue weighted by molar-refractivity contribution is 8.00. The fourth-order valence-electron chi connectivity index (χ4n) is 2.92. The van der Waals surface area contributed by atoms with Crippen LogP contribution < -0.4 is 10.6 Å². The molecule has 7 heteroatoms. The molecule has 0 aliphatic heterocycles. The van der Waals surface area contributed by atoms with Gasteiger partial charge in [0, 0.05) is 22.7 Å². The molecule has 2 N–H and O–H groups in total. The number of thioether (sulfide) groups is 1. The fraction of sp³-hybridized carbons (Fsp3) is 0.167. The molecule has 0 bridgehead atoms. The average molecular weight is 457 g/mol. The van der Waals surface area contributed by atoms with E-state index < -0.39 is 11.1 Å². The van der Waals surface area contributed by atoms with Gasteiger partial charge in [0.05, 0.1) is 5.02 Å². The summed E-state index contributed by atoms with van der Waals surface area (Å²) in [5.74, 6) is -0.856. The lowest BCUT2D eigenvalue weighted by molar-refractivity contribution is -0.116. The van der Waals surface area contributed by atoms with Crippen molar-refractivity contribution < 1.29 is 14.0 Å². The molecule has 160 valence electrons. The average Bonchev–Trinajstić information content (AvgIpc) is 2.75. The maximum Gasteiger partial charge on any atom is 0.242 e. The summed E-state index contributed by atoms with van der Waals surface area (Å²) < 4.78 is 13.4. The molecule has 0 fully saturated rings. The lowest BCUT2D eigenvalue weighted by atomic mass is 10.1. The summed E-state index contributed by atoms with van der Waals surface area (Å²) in [7, 11) is 0. The Kier molecular flexibility index (Phi) is 8.09. The van der Waals surface area contributed by atoms with Crippen molar-refractivity contribution in [2.45, 2.75) is 29.9 Å². The fourth-order valence-corrected chi connectivity index (χ4v) is 4.18. The lowest BCUT2D eigenvalue weighted by Gasteiger charge is -2.18. The van der Waals surface area contributed by atoms with Crippen LogP contribution in [0.15, 0.2) is 77.7 Å². The molecule has 3 aromatic rings. The third-order valence-electron chi connectivity index (χ3n) is 4.38. The molecule has 4 nitrogen and oxygen atoms in total. The van der Waals surface area contributed by atoms with Gasteiger partial charge in [-0.05, 0) is 48.4 Å². The molecule has 1 unspecified atom stereocenters. The van der Waals surface area contributed by atoms with E-state index in [0.29, 0.717) is 17.8 Å². The molecule has 0 heterocycles. The Bertz CT molecular complexity index is 1060. The number of anilines is 2. The highest BCUT2D eigenvalue weighted by atomic mass is 35.5. The maximum absolute atomic E-state index is 13.4. The summed E-state index contributed by atoms with van der Waals surface area (Å²) in [4.78, 5) is 25.9. The van der Waals surface area contributed by atoms with Gasteiger partial charge in [0.25, 0.3) is 0 Å². The van der Waals surface area contributed by atoms with Crippen molar-refractivity contribution in [2.24, 2.45) is 0 Å². The van der Waals surface area contributed by atoms with Crippen LogP contribution in [0.5, 0.6) is 0 Å². The van der Waals surface area contributed by atoms with E-state index in [0.717, 1.165) is 16.9 Å². The first-order valence-corrected chi connectivity index (χ1v) is 11.1. The molecule has 0 radical (unpaired) electrons. The Morgan fingerprint density at radius 2 is 1.71 bits per heavy atom. The van der Waals surface area contributed by atoms with E-state index in [-0.39, 0.29) is 16.8 Å². The van der Waals surface area contributed by atoms with Gasteiger partial charge in [0.15, 0.2) is 0 Å². The second-order valence-corrected chi connectivity index (χ2v) is 8.44. The number of hydrogen-bond donors (Lipinski definition) is 2. The van der Waals surface area contributed by atoms with E-state index in [4.69, 9.17) is 11.6 Å². The number of nitrogens with one attached hydrogen (secondary N) is 2. The van der Waals surface area contributed by atoms with Crippen LogP contribution in [-0.4, -0.2) is 11.8 Å². The molecular weight excluding hydrogens is 435 g/mol. The molecule has 0 spiro atoms. The molecule has 1 atom stereocenters. The van der Waals surface area contributed by atoms with Gasteiger partial charge in [0.2, 0.25) is 11.8 Å². The van der Waals surface area contributed by atoms with Crippen LogP contribution in [-0.2, 0) is 9.59 Å². The quantitative estimate of drug-likeness (QED) is 0.371. The molecule has 0 aromatic heterocycles. The number of rotatable bonds is 8. The predicted molar refractivity (Wildman–Crippen MR) is 125 cm³/mol. The van der Waals surface area contributed by atoms with Crippen LogP contribution in [0.3, 0.4) is 0 Å². The van der Waals surface area contributed by atoms with E-state index in [2.05, 4.69) is 10.6 Å². The zero-order valence-electron chi connectivity index (χ0n) is 16.9. The molecular formula is C24H22ClFN2O2S. The molecule has 3 rings (SSSR count). The number of carbonyl (C=O) groups is 2. The normalized spacial score (nSPS) is 11.6. The summed E-state index contributed by atoms with van der Waals surface area (Å²) in [6, 6.07) is 20.8. The molecule has 0 saturated heterocycles. The highest BCUT2D eigenvalue weighted by Crippen LogP contribution is 2.37. The Balaban J connectivity index is 1.82. The summed E-state index contributed by atoms with van der Waals surface area (Å²) in [6.45, 7) is 1.95. The highest BCUT2D eigenvalue weighted by Gasteiger charge is 2.22. The van der Waals surface area contributed by atoms with E-state index in [1.165, 1.54) is 30.0 Å². The van der Waals surface area contributed by atoms with Gasteiger partial charge in [-0.3, -0.25) is 9.59 Å². The van der Waals surface area contributed by atoms with Gasteiger partial charge in [-0.2, -0.15) is 0 Å². The van der Waals surface area contributed by atoms with Crippen LogP contribution in [0, 0.1) is 5.82 Å². The van der Waals surface area contributed by atoms with E-state index in [9.17, 15) is 14.0 Å². The first kappa shape index (κ1) is 22.8. The monoisotopic (exact) mass is 456 g/mol. The lowest BCUT2D eigenvalue weighted by Crippen LogP contribution is -2.19. The smallest absolute Gasteiger partial charge is 0.242 e. The van der Waals surface area contributed by atoms with Crippen molar-refractivity contribution in [3.05, 3.63) is 89.2 Å². The Hall–Kier alpha value is -2.83. The molecule has 0 aliphatic carbocycles. The zero-order chi connectivity index (χ0) is 22.2. The third-order valence-corrected chi connectivity index (χ3v) is 5.91. The zero-order valence-corrected chi connectivity index (χ0v) is 18.5. The topological polar surface area (TPSA) is 58.2 Å². The minimum Gasteiger partial charge on any atom is -0.326 e. The third kappa shape index (κ3) is 6.57. The van der Waals surface area contributed by atoms with E-state index >= 15 is 0 Å². The molecule has 3 aromatic carbocycles. The van der Waals surface area contributed by atoms with Crippen LogP contribution in [0.1, 0.15) is 30.6 Å². The first-order chi connectivity index (χ1) is 15.0. The van der Waals surface area contributed by atoms with Gasteiger partial charge in [-0.15, -0.1) is 11.8 Å². The summed E-state index contributed by atoms with van der Waals surface area (Å²) in [5, 5.41) is 5.06. The maximum atomic E-state index is 13.4. The van der Waals surface area contributed by atoms with Gasteiger partial charge in [0.1, 0.15) is 11.1 Å². The van der Waals surface area contributed by atoms with Gasteiger partial charge >= 0.3 is 0 Å². The van der Waals surface area contributed by atoms with Crippen molar-refractivity contribution in [1.82, 2.24) is 0 Å². The Labute approximate surface area is 190 Å². The first-order valence-electron chi connectivity index (χ1n) is 9.83. The van der Waals surface area contributed by atoms with Crippen molar-refractivity contribution >= 4 is 46.6 Å². The van der Waals surface area contributed by atoms with Gasteiger partial charge in [-0.25, -0.2) is 4.39 Å². The number of hydrogen-bond acceptors (Lipinski definition) is 3. The van der Waals surface area contributed by atoms with Crippen LogP contribution in [0.2, 0.25) is 5.02 Å². The van der Waals surface area contributed by atoms with Gasteiger partial charge < -0.3 is 10.6 Å². The number of amides is 2. The van der Waals surface area contributed by atoms with E-state index in [1.807, 2.05) is 61.5 Å². The van der Waals surface area contributed by atoms with Gasteiger partial charge in [-0.1, -0.05) is 54.9 Å². The summed E-state index contributed by atoms with van der Waals surface area (Å²) in [5.41, 5.74) is 1.91. The molecule has 0 aliphatic rings. The second-order valence-electron chi connectivity index (χ2n) is 6.85. The van der Waals surface area contributed by atoms with Crippen molar-refractivity contribution in [3.63, 3.8) is 0 Å². The number of halogens is 2. The van der Waals surface area contributed by atoms with Crippen molar-refractivity contribution in [3.8, 4) is 0 Å². The molecule has 31 heavy (non-hydrogen) atoms. The van der Waals surface area contributed by atoms with Crippen LogP contribution in [0.4, 0.5) is 15.8 Å². The van der Waals surface area contributed by atoms with Crippen LogP contribution >= 0.6 is 23.4 Å². The summed E-state index contributed by atoms with van der Waals surface area (Å²) >= 11 is 7.20. The van der Waals surface area contributed by atoms with E-state index in [1.54, 1.807) is 0 Å². The van der Waals surface area contributed by atoms with Crippen molar-refractivity contribution in [1.29, 1.82) is 0 Å². The Morgan fingerprint density at radius 1 is 0.968 bits per heavy atom.